The molecule has 3 aromatic carbocycles. The molecule has 1 aliphatic carbocycles. The van der Waals surface area contributed by atoms with Gasteiger partial charge in [0.15, 0.2) is 5.58 Å². The fraction of sp³-hybridized carbons (Fsp3) is 0.280. The van der Waals surface area contributed by atoms with Gasteiger partial charge in [-0.05, 0) is 42.5 Å². The molecule has 1 aliphatic rings. The van der Waals surface area contributed by atoms with Crippen LogP contribution in [0.5, 0.6) is 0 Å². The van der Waals surface area contributed by atoms with E-state index in [4.69, 9.17) is 4.42 Å². The van der Waals surface area contributed by atoms with Crippen molar-refractivity contribution in [3.8, 4) is 0 Å². The maximum atomic E-state index is 6.34. The van der Waals surface area contributed by atoms with Crippen molar-refractivity contribution in [3.63, 3.8) is 0 Å². The molecule has 2 heterocycles. The van der Waals surface area contributed by atoms with E-state index in [0.717, 1.165) is 11.2 Å². The van der Waals surface area contributed by atoms with Crippen LogP contribution in [0.3, 0.4) is 0 Å². The van der Waals surface area contributed by atoms with Crippen molar-refractivity contribution in [3.05, 3.63) is 60.2 Å². The molecule has 27 heavy (non-hydrogen) atoms. The maximum Gasteiger partial charge on any atom is 0.159 e. The molecule has 1 fully saturated rings. The molecule has 0 spiro atoms. The van der Waals surface area contributed by atoms with Gasteiger partial charge in [0.2, 0.25) is 0 Å². The van der Waals surface area contributed by atoms with E-state index in [2.05, 4.69) is 60.1 Å². The minimum absolute atomic E-state index is 0.694. The highest BCUT2D eigenvalue weighted by Crippen LogP contribution is 2.43. The quantitative estimate of drug-likeness (QED) is 0.310. The van der Waals surface area contributed by atoms with E-state index >= 15 is 0 Å². The van der Waals surface area contributed by atoms with Gasteiger partial charge in [-0.2, -0.15) is 0 Å². The van der Waals surface area contributed by atoms with E-state index in [1.165, 1.54) is 70.2 Å². The van der Waals surface area contributed by atoms with Crippen molar-refractivity contribution < 1.29 is 4.42 Å². The molecule has 2 nitrogen and oxygen atoms in total. The van der Waals surface area contributed by atoms with Crippen LogP contribution in [0.1, 0.15) is 43.6 Å². The summed E-state index contributed by atoms with van der Waals surface area (Å²) in [5.41, 5.74) is 6.07. The van der Waals surface area contributed by atoms with E-state index in [-0.39, 0.29) is 0 Å². The summed E-state index contributed by atoms with van der Waals surface area (Å²) in [6.07, 6.45) is 6.76. The van der Waals surface area contributed by atoms with Crippen molar-refractivity contribution in [2.75, 3.05) is 0 Å². The molecule has 2 aromatic heterocycles. The third kappa shape index (κ3) is 2.07. The molecule has 5 aromatic rings. The summed E-state index contributed by atoms with van der Waals surface area (Å²) >= 11 is 0. The van der Waals surface area contributed by atoms with Crippen molar-refractivity contribution in [2.45, 2.75) is 38.0 Å². The zero-order chi connectivity index (χ0) is 18.0. The van der Waals surface area contributed by atoms with Crippen LogP contribution in [-0.4, -0.2) is 4.57 Å². The first kappa shape index (κ1) is 15.3. The van der Waals surface area contributed by atoms with Gasteiger partial charge in [0.05, 0.1) is 5.52 Å². The fourth-order valence-electron chi connectivity index (χ4n) is 5.31. The minimum atomic E-state index is 0.694. The van der Waals surface area contributed by atoms with Gasteiger partial charge < -0.3 is 8.98 Å². The lowest BCUT2D eigenvalue weighted by molar-refractivity contribution is 0.445. The molecule has 0 N–H and O–H groups in total. The van der Waals surface area contributed by atoms with Crippen LogP contribution >= 0.6 is 0 Å². The van der Waals surface area contributed by atoms with Crippen LogP contribution in [0.25, 0.3) is 43.7 Å². The summed E-state index contributed by atoms with van der Waals surface area (Å²) in [6, 6.07) is 19.8. The lowest BCUT2D eigenvalue weighted by atomic mass is 9.82. The van der Waals surface area contributed by atoms with Gasteiger partial charge >= 0.3 is 0 Å². The van der Waals surface area contributed by atoms with Crippen molar-refractivity contribution in [2.24, 2.45) is 7.05 Å². The molecule has 0 bridgehead atoms. The fourth-order valence-corrected chi connectivity index (χ4v) is 5.31. The molecule has 1 saturated carbocycles. The SMILES string of the molecule is Cn1c2cccc(C3CCCCC3)c2c2ccc3c4ccccc4oc3c21. The molecular formula is C25H23NO. The van der Waals surface area contributed by atoms with Crippen LogP contribution in [0.15, 0.2) is 59.0 Å². The number of hydrogen-bond acceptors (Lipinski definition) is 1. The molecule has 0 atom stereocenters. The summed E-state index contributed by atoms with van der Waals surface area (Å²) in [7, 11) is 2.18. The van der Waals surface area contributed by atoms with Crippen molar-refractivity contribution >= 4 is 43.7 Å². The van der Waals surface area contributed by atoms with Gasteiger partial charge in [0.25, 0.3) is 0 Å². The summed E-state index contributed by atoms with van der Waals surface area (Å²) in [5.74, 6) is 0.694. The predicted octanol–water partition coefficient (Wildman–Crippen LogP) is 7.28. The summed E-state index contributed by atoms with van der Waals surface area (Å²) < 4.78 is 8.68. The molecule has 6 rings (SSSR count). The predicted molar refractivity (Wildman–Crippen MR) is 114 cm³/mol. The first-order valence-corrected chi connectivity index (χ1v) is 10.1. The Morgan fingerprint density at radius 3 is 2.52 bits per heavy atom. The Morgan fingerprint density at radius 1 is 0.815 bits per heavy atom. The Morgan fingerprint density at radius 2 is 1.63 bits per heavy atom. The normalized spacial score (nSPS) is 16.2. The summed E-state index contributed by atoms with van der Waals surface area (Å²) in [5, 5.41) is 5.18. The van der Waals surface area contributed by atoms with Crippen LogP contribution in [0, 0.1) is 0 Å². The third-order valence-corrected chi connectivity index (χ3v) is 6.61. The van der Waals surface area contributed by atoms with E-state index < -0.39 is 0 Å². The molecule has 0 radical (unpaired) electrons. The van der Waals surface area contributed by atoms with Crippen molar-refractivity contribution in [1.82, 2.24) is 4.57 Å². The van der Waals surface area contributed by atoms with E-state index in [0.29, 0.717) is 5.92 Å². The standard InChI is InChI=1S/C25H23NO/c1-26-21-12-7-11-17(16-8-3-2-4-9-16)23(21)20-15-14-19-18-10-5-6-13-22(18)27-25(19)24(20)26/h5-7,10-16H,2-4,8-9H2,1H3. The molecule has 0 aliphatic heterocycles. The Bertz CT molecular complexity index is 1310. The number of benzene rings is 3. The molecule has 0 unspecified atom stereocenters. The van der Waals surface area contributed by atoms with E-state index in [1.54, 1.807) is 0 Å². The van der Waals surface area contributed by atoms with E-state index in [1.807, 2.05) is 6.07 Å². The molecular weight excluding hydrogens is 330 g/mol. The zero-order valence-electron chi connectivity index (χ0n) is 15.7. The number of nitrogens with zero attached hydrogens (tertiary/aromatic N) is 1. The highest BCUT2D eigenvalue weighted by molar-refractivity contribution is 6.21. The van der Waals surface area contributed by atoms with E-state index in [9.17, 15) is 0 Å². The number of aryl methyl sites for hydroxylation is 1. The van der Waals surface area contributed by atoms with Gasteiger partial charge in [-0.1, -0.05) is 55.7 Å². The third-order valence-electron chi connectivity index (χ3n) is 6.61. The minimum Gasteiger partial charge on any atom is -0.454 e. The first-order valence-electron chi connectivity index (χ1n) is 10.1. The van der Waals surface area contributed by atoms with Crippen LogP contribution in [-0.2, 0) is 7.05 Å². The number of aromatic nitrogens is 1. The van der Waals surface area contributed by atoms with Crippen LogP contribution < -0.4 is 0 Å². The average molecular weight is 353 g/mol. The lowest BCUT2D eigenvalue weighted by Crippen LogP contribution is -2.04. The second-order valence-electron chi connectivity index (χ2n) is 8.07. The molecule has 0 amide bonds. The summed E-state index contributed by atoms with van der Waals surface area (Å²) in [6.45, 7) is 0. The molecule has 134 valence electrons. The smallest absolute Gasteiger partial charge is 0.159 e. The maximum absolute atomic E-state index is 6.34. The second kappa shape index (κ2) is 5.63. The van der Waals surface area contributed by atoms with Gasteiger partial charge in [-0.15, -0.1) is 0 Å². The zero-order valence-corrected chi connectivity index (χ0v) is 15.7. The van der Waals surface area contributed by atoms with Gasteiger partial charge in [-0.25, -0.2) is 0 Å². The Balaban J connectivity index is 1.75. The summed E-state index contributed by atoms with van der Waals surface area (Å²) in [4.78, 5) is 0. The Kier molecular flexibility index (Phi) is 3.19. The average Bonchev–Trinajstić information content (AvgIpc) is 3.24. The van der Waals surface area contributed by atoms with Crippen molar-refractivity contribution in [1.29, 1.82) is 0 Å². The number of fused-ring (bicyclic) bond motifs is 7. The molecule has 2 heteroatoms. The monoisotopic (exact) mass is 353 g/mol. The number of furan rings is 1. The number of rotatable bonds is 1. The van der Waals surface area contributed by atoms with Crippen LogP contribution in [0.2, 0.25) is 0 Å². The number of para-hydroxylation sites is 1. The van der Waals surface area contributed by atoms with Crippen LogP contribution in [0.4, 0.5) is 0 Å². The highest BCUT2D eigenvalue weighted by Gasteiger charge is 2.22. The number of hydrogen-bond donors (Lipinski definition) is 0. The highest BCUT2D eigenvalue weighted by atomic mass is 16.3. The Labute approximate surface area is 158 Å². The first-order chi connectivity index (χ1) is 13.3. The topological polar surface area (TPSA) is 18.1 Å². The van der Waals surface area contributed by atoms with Gasteiger partial charge in [0.1, 0.15) is 5.58 Å². The largest absolute Gasteiger partial charge is 0.454 e. The second-order valence-corrected chi connectivity index (χ2v) is 8.07. The van der Waals surface area contributed by atoms with Gasteiger partial charge in [-0.3, -0.25) is 0 Å². The Hall–Kier alpha value is -2.74. The molecule has 0 saturated heterocycles. The van der Waals surface area contributed by atoms with Gasteiger partial charge in [0, 0.05) is 34.1 Å². The lowest BCUT2D eigenvalue weighted by Gasteiger charge is -2.23.